The fourth-order valence-corrected chi connectivity index (χ4v) is 3.06. The molecule has 1 aliphatic rings. The minimum absolute atomic E-state index is 0.0740. The van der Waals surface area contributed by atoms with Crippen LogP contribution in [0.3, 0.4) is 0 Å². The highest BCUT2D eigenvalue weighted by atomic mass is 32.2. The third-order valence-corrected chi connectivity index (χ3v) is 4.37. The van der Waals surface area contributed by atoms with Gasteiger partial charge in [0.25, 0.3) is 15.9 Å². The zero-order chi connectivity index (χ0) is 14.3. The van der Waals surface area contributed by atoms with Crippen LogP contribution in [0, 0.1) is 0 Å². The minimum atomic E-state index is -3.69. The summed E-state index contributed by atoms with van der Waals surface area (Å²) in [5, 5.41) is 6.51. The maximum Gasteiger partial charge on any atom is 0.265 e. The van der Waals surface area contributed by atoms with Gasteiger partial charge in [-0.05, 0) is 17.7 Å². The predicted octanol–water partition coefficient (Wildman–Crippen LogP) is 0.464. The Balaban J connectivity index is 1.92. The number of sulfonamides is 1. The van der Waals surface area contributed by atoms with Crippen molar-refractivity contribution in [1.82, 2.24) is 15.1 Å². The van der Waals surface area contributed by atoms with Gasteiger partial charge in [-0.25, -0.2) is 8.42 Å². The van der Waals surface area contributed by atoms with Crippen molar-refractivity contribution in [3.63, 3.8) is 0 Å². The second-order valence-corrected chi connectivity index (χ2v) is 6.19. The number of nitrogens with zero attached hydrogens (tertiary/aromatic N) is 2. The van der Waals surface area contributed by atoms with Gasteiger partial charge < -0.3 is 5.32 Å². The second kappa shape index (κ2) is 4.34. The third-order valence-electron chi connectivity index (χ3n) is 3.04. The van der Waals surface area contributed by atoms with Crippen LogP contribution in [-0.2, 0) is 23.6 Å². The normalized spacial score (nSPS) is 13.9. The molecule has 1 aromatic carbocycles. The van der Waals surface area contributed by atoms with E-state index in [2.05, 4.69) is 15.1 Å². The summed E-state index contributed by atoms with van der Waals surface area (Å²) in [5.41, 5.74) is 1.71. The third kappa shape index (κ3) is 2.14. The number of fused-ring (bicyclic) bond motifs is 1. The van der Waals surface area contributed by atoms with E-state index in [-0.39, 0.29) is 10.8 Å². The quantitative estimate of drug-likeness (QED) is 0.859. The molecule has 0 saturated carbocycles. The van der Waals surface area contributed by atoms with Crippen LogP contribution in [0.1, 0.15) is 15.9 Å². The van der Waals surface area contributed by atoms with Gasteiger partial charge in [0.2, 0.25) is 0 Å². The van der Waals surface area contributed by atoms with E-state index in [4.69, 9.17) is 0 Å². The Bertz CT molecular complexity index is 795. The van der Waals surface area contributed by atoms with Gasteiger partial charge in [-0.3, -0.25) is 14.2 Å². The lowest BCUT2D eigenvalue weighted by atomic mass is 10.1. The average molecular weight is 292 g/mol. The number of carbonyl (C=O) groups excluding carboxylic acids is 1. The Hall–Kier alpha value is -2.35. The molecule has 2 heterocycles. The number of hydrogen-bond donors (Lipinski definition) is 2. The molecule has 0 aliphatic carbocycles. The summed E-state index contributed by atoms with van der Waals surface area (Å²) in [5.74, 6) is -0.192. The number of amides is 1. The Morgan fingerprint density at radius 3 is 2.90 bits per heavy atom. The van der Waals surface area contributed by atoms with E-state index in [0.29, 0.717) is 17.8 Å². The van der Waals surface area contributed by atoms with Crippen LogP contribution in [-0.4, -0.2) is 24.1 Å². The summed E-state index contributed by atoms with van der Waals surface area (Å²) in [4.78, 5) is 11.6. The first-order valence-electron chi connectivity index (χ1n) is 5.88. The fourth-order valence-electron chi connectivity index (χ4n) is 2.03. The van der Waals surface area contributed by atoms with Gasteiger partial charge in [-0.2, -0.15) is 5.10 Å². The molecule has 7 nitrogen and oxygen atoms in total. The molecule has 2 N–H and O–H groups in total. The number of anilines is 1. The number of aromatic nitrogens is 2. The van der Waals surface area contributed by atoms with E-state index >= 15 is 0 Å². The van der Waals surface area contributed by atoms with Crippen LogP contribution in [0.25, 0.3) is 0 Å². The van der Waals surface area contributed by atoms with Crippen molar-refractivity contribution in [2.24, 2.45) is 7.05 Å². The van der Waals surface area contributed by atoms with Crippen LogP contribution in [0.15, 0.2) is 35.5 Å². The van der Waals surface area contributed by atoms with E-state index in [1.807, 2.05) is 0 Å². The van der Waals surface area contributed by atoms with Gasteiger partial charge in [0.05, 0.1) is 6.20 Å². The Kier molecular flexibility index (Phi) is 2.75. The molecule has 8 heteroatoms. The van der Waals surface area contributed by atoms with Crippen molar-refractivity contribution in [2.45, 2.75) is 11.4 Å². The van der Waals surface area contributed by atoms with Gasteiger partial charge in [-0.1, -0.05) is 6.07 Å². The first kappa shape index (κ1) is 12.7. The van der Waals surface area contributed by atoms with E-state index in [1.165, 1.54) is 23.1 Å². The molecule has 0 spiro atoms. The lowest BCUT2D eigenvalue weighted by molar-refractivity contribution is 0.0966. The molecule has 1 aromatic heterocycles. The maximum absolute atomic E-state index is 12.1. The van der Waals surface area contributed by atoms with Gasteiger partial charge in [0, 0.05) is 31.0 Å². The molecule has 0 bridgehead atoms. The summed E-state index contributed by atoms with van der Waals surface area (Å²) in [6.07, 6.45) is 2.67. The summed E-state index contributed by atoms with van der Waals surface area (Å²) in [6, 6.07) is 4.90. The molecular formula is C12H12N4O3S. The molecule has 1 amide bonds. The standard InChI is InChI=1S/C12H12N4O3S/c1-16-7-10(6-14-16)20(18,19)15-9-3-2-8-5-13-12(17)11(8)4-9/h2-4,6-7,15H,5H2,1H3,(H,13,17). The van der Waals surface area contributed by atoms with Crippen molar-refractivity contribution in [3.05, 3.63) is 41.7 Å². The van der Waals surface area contributed by atoms with Crippen LogP contribution in [0.5, 0.6) is 0 Å². The second-order valence-electron chi connectivity index (χ2n) is 4.51. The Labute approximate surface area is 115 Å². The summed E-state index contributed by atoms with van der Waals surface area (Å²) in [7, 11) is -2.05. The monoisotopic (exact) mass is 292 g/mol. The molecular weight excluding hydrogens is 280 g/mol. The van der Waals surface area contributed by atoms with Crippen molar-refractivity contribution >= 4 is 21.6 Å². The molecule has 0 atom stereocenters. The van der Waals surface area contributed by atoms with Crippen LogP contribution in [0.4, 0.5) is 5.69 Å². The lowest BCUT2D eigenvalue weighted by Crippen LogP contribution is -2.14. The highest BCUT2D eigenvalue weighted by Crippen LogP contribution is 2.22. The van der Waals surface area contributed by atoms with Gasteiger partial charge in [0.15, 0.2) is 0 Å². The van der Waals surface area contributed by atoms with Gasteiger partial charge in [0.1, 0.15) is 4.90 Å². The molecule has 2 aromatic rings. The number of hydrogen-bond acceptors (Lipinski definition) is 4. The molecule has 3 rings (SSSR count). The first-order valence-corrected chi connectivity index (χ1v) is 7.36. The lowest BCUT2D eigenvalue weighted by Gasteiger charge is -2.07. The van der Waals surface area contributed by atoms with E-state index in [9.17, 15) is 13.2 Å². The zero-order valence-corrected chi connectivity index (χ0v) is 11.4. The number of aryl methyl sites for hydroxylation is 1. The van der Waals surface area contributed by atoms with E-state index in [0.717, 1.165) is 5.56 Å². The molecule has 20 heavy (non-hydrogen) atoms. The number of carbonyl (C=O) groups is 1. The Morgan fingerprint density at radius 2 is 2.20 bits per heavy atom. The van der Waals surface area contributed by atoms with Crippen molar-refractivity contribution in [3.8, 4) is 0 Å². The van der Waals surface area contributed by atoms with Crippen molar-refractivity contribution in [1.29, 1.82) is 0 Å². The van der Waals surface area contributed by atoms with Crippen LogP contribution >= 0.6 is 0 Å². The van der Waals surface area contributed by atoms with Gasteiger partial charge >= 0.3 is 0 Å². The van der Waals surface area contributed by atoms with Crippen molar-refractivity contribution < 1.29 is 13.2 Å². The number of nitrogens with one attached hydrogen (secondary N) is 2. The first-order chi connectivity index (χ1) is 9.45. The summed E-state index contributed by atoms with van der Waals surface area (Å²) < 4.78 is 28.1. The highest BCUT2D eigenvalue weighted by Gasteiger charge is 2.21. The molecule has 0 radical (unpaired) electrons. The SMILES string of the molecule is Cn1cc(S(=O)(=O)Nc2ccc3c(c2)C(=O)NC3)cn1. The minimum Gasteiger partial charge on any atom is -0.348 e. The maximum atomic E-state index is 12.1. The fraction of sp³-hybridized carbons (Fsp3) is 0.167. The topological polar surface area (TPSA) is 93.1 Å². The van der Waals surface area contributed by atoms with E-state index in [1.54, 1.807) is 19.2 Å². The van der Waals surface area contributed by atoms with Crippen LogP contribution in [0.2, 0.25) is 0 Å². The molecule has 0 saturated heterocycles. The average Bonchev–Trinajstić information content (AvgIpc) is 2.97. The molecule has 1 aliphatic heterocycles. The predicted molar refractivity (Wildman–Crippen MR) is 71.6 cm³/mol. The van der Waals surface area contributed by atoms with Gasteiger partial charge in [-0.15, -0.1) is 0 Å². The number of rotatable bonds is 3. The largest absolute Gasteiger partial charge is 0.348 e. The zero-order valence-electron chi connectivity index (χ0n) is 10.6. The highest BCUT2D eigenvalue weighted by molar-refractivity contribution is 7.92. The summed E-state index contributed by atoms with van der Waals surface area (Å²) in [6.45, 7) is 0.476. The molecule has 104 valence electrons. The number of benzene rings is 1. The summed E-state index contributed by atoms with van der Waals surface area (Å²) >= 11 is 0. The molecule has 0 fully saturated rings. The smallest absolute Gasteiger partial charge is 0.265 e. The van der Waals surface area contributed by atoms with E-state index < -0.39 is 10.0 Å². The Morgan fingerprint density at radius 1 is 1.40 bits per heavy atom. The molecule has 0 unspecified atom stereocenters. The van der Waals surface area contributed by atoms with Crippen molar-refractivity contribution in [2.75, 3.05) is 4.72 Å². The van der Waals surface area contributed by atoms with Crippen LogP contribution < -0.4 is 10.0 Å².